The highest BCUT2D eigenvalue weighted by Crippen LogP contribution is 2.86. The Morgan fingerprint density at radius 1 is 0.714 bits per heavy atom. The summed E-state index contributed by atoms with van der Waals surface area (Å²) in [4.78, 5) is 17.3. The van der Waals surface area contributed by atoms with E-state index in [4.69, 9.17) is 14.5 Å². The van der Waals surface area contributed by atoms with Crippen molar-refractivity contribution in [2.45, 2.75) is 15.2 Å². The largest absolute Gasteiger partial charge is 0.462 e. The third-order valence-electron chi connectivity index (χ3n) is 7.89. The molecule has 0 unspecified atom stereocenters. The van der Waals surface area contributed by atoms with Gasteiger partial charge < -0.3 is 9.47 Å². The average Bonchev–Trinajstić information content (AvgIpc) is 3.18. The van der Waals surface area contributed by atoms with Crippen LogP contribution in [0.3, 0.4) is 0 Å². The Bertz CT molecular complexity index is 1550. The molecular weight excluding hydrogens is 454 g/mol. The van der Waals surface area contributed by atoms with Gasteiger partial charge in [0.1, 0.15) is 4.75 Å². The highest BCUT2D eigenvalue weighted by atomic mass is 32.2. The molecule has 0 amide bonds. The van der Waals surface area contributed by atoms with Crippen molar-refractivity contribution >= 4 is 23.6 Å². The number of methoxy groups -OCH3 is 1. The van der Waals surface area contributed by atoms with E-state index in [-0.39, 0.29) is 5.90 Å². The molecule has 4 aromatic rings. The van der Waals surface area contributed by atoms with E-state index in [1.54, 1.807) is 11.8 Å². The highest BCUT2D eigenvalue weighted by Gasteiger charge is 2.87. The Morgan fingerprint density at radius 3 is 1.63 bits per heavy atom. The molecule has 3 spiro atoms. The van der Waals surface area contributed by atoms with Gasteiger partial charge in [-0.05, 0) is 33.4 Å². The zero-order valence-electron chi connectivity index (χ0n) is 18.8. The molecule has 0 saturated carbocycles. The minimum absolute atomic E-state index is 0.0326. The minimum Gasteiger partial charge on any atom is -0.462 e. The van der Waals surface area contributed by atoms with Crippen molar-refractivity contribution in [3.63, 3.8) is 0 Å². The van der Waals surface area contributed by atoms with Gasteiger partial charge in [0.25, 0.3) is 5.90 Å². The van der Waals surface area contributed by atoms with Gasteiger partial charge in [0.05, 0.1) is 7.11 Å². The predicted molar refractivity (Wildman–Crippen MR) is 136 cm³/mol. The van der Waals surface area contributed by atoms with E-state index in [0.29, 0.717) is 0 Å². The second kappa shape index (κ2) is 6.23. The molecule has 4 nitrogen and oxygen atoms in total. The van der Waals surface area contributed by atoms with Crippen LogP contribution < -0.4 is 0 Å². The molecule has 168 valence electrons. The van der Waals surface area contributed by atoms with Gasteiger partial charge in [-0.15, -0.1) is 11.8 Å². The third-order valence-corrected chi connectivity index (χ3v) is 9.71. The summed E-state index contributed by atoms with van der Waals surface area (Å²) in [6.45, 7) is 0. The third kappa shape index (κ3) is 1.97. The number of hydrogen-bond donors (Lipinski definition) is 0. The van der Waals surface area contributed by atoms with Gasteiger partial charge in [-0.25, -0.2) is 9.79 Å². The number of carbonyl (C=O) groups excluding carboxylic acids is 1. The number of fused-ring (bicyclic) bond motifs is 12. The van der Waals surface area contributed by atoms with Crippen molar-refractivity contribution in [1.82, 2.24) is 0 Å². The van der Waals surface area contributed by atoms with Crippen LogP contribution in [0.5, 0.6) is 0 Å². The van der Waals surface area contributed by atoms with Gasteiger partial charge in [-0.2, -0.15) is 0 Å². The monoisotopic (exact) mass is 473 g/mol. The molecule has 4 aromatic carbocycles. The zero-order chi connectivity index (χ0) is 23.4. The summed E-state index contributed by atoms with van der Waals surface area (Å²) in [6.07, 6.45) is 0. The lowest BCUT2D eigenvalue weighted by molar-refractivity contribution is -0.134. The maximum Gasteiger partial charge on any atom is 0.393 e. The smallest absolute Gasteiger partial charge is 0.393 e. The second-order valence-corrected chi connectivity index (χ2v) is 10.7. The lowest BCUT2D eigenvalue weighted by Crippen LogP contribution is -2.43. The number of carbonyl (C=O) groups is 1. The van der Waals surface area contributed by atoms with Gasteiger partial charge in [0.2, 0.25) is 0 Å². The number of thioether (sulfide) groups is 1. The first-order chi connectivity index (χ1) is 17.2. The van der Waals surface area contributed by atoms with Crippen LogP contribution in [0.25, 0.3) is 22.3 Å². The molecule has 1 atom stereocenters. The predicted octanol–water partition coefficient (Wildman–Crippen LogP) is 5.88. The van der Waals surface area contributed by atoms with Crippen LogP contribution in [0.2, 0.25) is 0 Å². The summed E-state index contributed by atoms with van der Waals surface area (Å²) < 4.78 is 11.4. The molecule has 0 N–H and O–H groups in total. The van der Waals surface area contributed by atoms with Crippen LogP contribution in [0.1, 0.15) is 22.3 Å². The van der Waals surface area contributed by atoms with E-state index in [1.807, 2.05) is 24.3 Å². The number of benzene rings is 4. The van der Waals surface area contributed by atoms with Crippen molar-refractivity contribution in [2.24, 2.45) is 4.99 Å². The molecule has 0 bridgehead atoms. The number of aliphatic imine (C=N–C) groups is 1. The molecule has 5 heteroatoms. The number of ether oxygens (including phenoxy) is 2. The lowest BCUT2D eigenvalue weighted by atomic mass is 9.75. The Balaban J connectivity index is 1.50. The van der Waals surface area contributed by atoms with E-state index >= 15 is 0 Å². The molecule has 2 heterocycles. The molecule has 4 aliphatic rings. The number of rotatable bonds is 1. The van der Waals surface area contributed by atoms with Crippen LogP contribution >= 0.6 is 11.8 Å². The zero-order valence-corrected chi connectivity index (χ0v) is 19.6. The average molecular weight is 474 g/mol. The summed E-state index contributed by atoms with van der Waals surface area (Å²) in [6, 6.07) is 33.8. The van der Waals surface area contributed by atoms with Gasteiger partial charge in [-0.3, -0.25) is 0 Å². The first kappa shape index (κ1) is 19.5. The molecular formula is C30H19NO3S. The quantitative estimate of drug-likeness (QED) is 0.256. The summed E-state index contributed by atoms with van der Waals surface area (Å²) >= 11 is 1.78. The van der Waals surface area contributed by atoms with E-state index in [1.165, 1.54) is 29.4 Å². The molecule has 1 saturated heterocycles. The summed E-state index contributed by atoms with van der Waals surface area (Å²) in [5, 5.41) is 0. The molecule has 0 radical (unpaired) electrons. The van der Waals surface area contributed by atoms with Crippen molar-refractivity contribution in [3.05, 3.63) is 119 Å². The molecule has 2 aliphatic carbocycles. The molecule has 0 aromatic heterocycles. The number of nitrogens with zero attached hydrogens (tertiary/aromatic N) is 1. The van der Waals surface area contributed by atoms with Crippen molar-refractivity contribution in [1.29, 1.82) is 0 Å². The first-order valence-electron chi connectivity index (χ1n) is 11.6. The van der Waals surface area contributed by atoms with Crippen LogP contribution in [-0.4, -0.2) is 23.8 Å². The number of esters is 1. The van der Waals surface area contributed by atoms with Crippen molar-refractivity contribution in [2.75, 3.05) is 7.11 Å². The summed E-state index contributed by atoms with van der Waals surface area (Å²) in [7, 11) is 1.37. The first-order valence-corrected chi connectivity index (χ1v) is 12.5. The minimum atomic E-state index is -0.959. The van der Waals surface area contributed by atoms with Crippen molar-refractivity contribution in [3.8, 4) is 22.3 Å². The fourth-order valence-corrected chi connectivity index (χ4v) is 8.50. The van der Waals surface area contributed by atoms with E-state index < -0.39 is 21.2 Å². The Hall–Kier alpha value is -3.83. The van der Waals surface area contributed by atoms with Crippen LogP contribution in [0.15, 0.2) is 102 Å². The van der Waals surface area contributed by atoms with Gasteiger partial charge >= 0.3 is 5.97 Å². The summed E-state index contributed by atoms with van der Waals surface area (Å²) in [5.41, 5.74) is 8.20. The van der Waals surface area contributed by atoms with Crippen LogP contribution in [0, 0.1) is 0 Å². The summed E-state index contributed by atoms with van der Waals surface area (Å²) in [5.74, 6) is -0.518. The fraction of sp³-hybridized carbons (Fsp3) is 0.133. The topological polar surface area (TPSA) is 47.9 Å². The maximum atomic E-state index is 12.9. The molecule has 2 aliphatic heterocycles. The van der Waals surface area contributed by atoms with Crippen LogP contribution in [-0.2, 0) is 24.6 Å². The SMILES string of the molecule is COC(=O)C1=N[C@@]2(SC23c2ccccc2-c2ccccc23)C2(O1)c1ccccc1-c1ccccc12. The van der Waals surface area contributed by atoms with E-state index in [0.717, 1.165) is 22.3 Å². The van der Waals surface area contributed by atoms with Gasteiger partial charge in [0, 0.05) is 11.1 Å². The highest BCUT2D eigenvalue weighted by molar-refractivity contribution is 8.09. The Morgan fingerprint density at radius 2 is 1.14 bits per heavy atom. The van der Waals surface area contributed by atoms with E-state index in [9.17, 15) is 4.79 Å². The Kier molecular flexibility index (Phi) is 3.47. The Labute approximate surface area is 206 Å². The maximum absolute atomic E-state index is 12.9. The van der Waals surface area contributed by atoms with Crippen LogP contribution in [0.4, 0.5) is 0 Å². The standard InChI is InChI=1S/C30H19NO3S/c1-33-27(32)26-31-30(28(34-26)22-14-6-2-10-18(22)19-11-3-7-15-23(19)28)29(35-30)24-16-8-4-12-20(24)21-13-5-9-17-25(21)29/h2-17H,1H3/t30-/m1/s1. The fourth-order valence-electron chi connectivity index (χ4n) is 6.59. The second-order valence-electron chi connectivity index (χ2n) is 9.30. The van der Waals surface area contributed by atoms with Gasteiger partial charge in [0.15, 0.2) is 10.5 Å². The van der Waals surface area contributed by atoms with Gasteiger partial charge in [-0.1, -0.05) is 97.1 Å². The molecule has 8 rings (SSSR count). The normalized spacial score (nSPS) is 22.3. The lowest BCUT2D eigenvalue weighted by Gasteiger charge is -2.33. The van der Waals surface area contributed by atoms with E-state index in [2.05, 4.69) is 72.8 Å². The van der Waals surface area contributed by atoms with Crippen molar-refractivity contribution < 1.29 is 14.3 Å². The molecule has 1 fully saturated rings. The number of hydrogen-bond acceptors (Lipinski definition) is 5. The molecule has 35 heavy (non-hydrogen) atoms.